The van der Waals surface area contributed by atoms with E-state index in [-0.39, 0.29) is 35.3 Å². The number of amides is 2. The van der Waals surface area contributed by atoms with Gasteiger partial charge in [-0.25, -0.2) is 9.18 Å². The number of halogens is 2. The number of benzene rings is 2. The molecular formula is C23H24ClFN6O5. The number of hydrazone groups is 1. The van der Waals surface area contributed by atoms with Crippen LogP contribution in [0.4, 0.5) is 26.2 Å². The number of anilines is 2. The Balaban J connectivity index is 1.37. The van der Waals surface area contributed by atoms with Crippen molar-refractivity contribution in [3.05, 3.63) is 62.9 Å². The maximum Gasteiger partial charge on any atom is 0.414 e. The van der Waals surface area contributed by atoms with E-state index in [0.29, 0.717) is 37.6 Å². The molecule has 0 bridgehead atoms. The van der Waals surface area contributed by atoms with Gasteiger partial charge in [-0.1, -0.05) is 17.7 Å². The van der Waals surface area contributed by atoms with E-state index < -0.39 is 22.9 Å². The number of carbonyl (C=O) groups excluding carboxylic acids is 2. The fraction of sp³-hybridized carbons (Fsp3) is 0.348. The lowest BCUT2D eigenvalue weighted by Gasteiger charge is -2.34. The third kappa shape index (κ3) is 5.65. The fourth-order valence-electron chi connectivity index (χ4n) is 4.02. The molecule has 0 aliphatic carbocycles. The molecule has 2 aliphatic heterocycles. The smallest absolute Gasteiger partial charge is 0.414 e. The largest absolute Gasteiger partial charge is 0.442 e. The minimum atomic E-state index is -0.595. The molecule has 11 nitrogen and oxygen atoms in total. The van der Waals surface area contributed by atoms with Gasteiger partial charge in [-0.2, -0.15) is 5.10 Å². The number of hydrogen-bond donors (Lipinski definition) is 1. The molecule has 13 heteroatoms. The average Bonchev–Trinajstić information content (AvgIpc) is 3.22. The molecule has 2 saturated heterocycles. The number of carbonyl (C=O) groups is 2. The maximum absolute atomic E-state index is 15.0. The van der Waals surface area contributed by atoms with Crippen LogP contribution in [-0.4, -0.2) is 73.5 Å². The molecular weight excluding hydrogens is 495 g/mol. The van der Waals surface area contributed by atoms with Crippen LogP contribution >= 0.6 is 11.6 Å². The van der Waals surface area contributed by atoms with E-state index >= 15 is 0 Å². The topological polar surface area (TPSA) is 121 Å². The minimum Gasteiger partial charge on any atom is -0.442 e. The van der Waals surface area contributed by atoms with Gasteiger partial charge in [0.15, 0.2) is 0 Å². The number of hydrogen-bond acceptors (Lipinski definition) is 8. The second kappa shape index (κ2) is 10.8. The third-order valence-electron chi connectivity index (χ3n) is 5.87. The SMILES string of the molecule is CC(=O)NC[C@H]1CN(c2ccc(N3CCN(/N=C/c4c(Cl)cccc4[N+](=O)[O-])CC3)c(F)c2)C(=O)O1. The van der Waals surface area contributed by atoms with E-state index in [1.54, 1.807) is 23.2 Å². The predicted molar refractivity (Wildman–Crippen MR) is 132 cm³/mol. The molecule has 0 unspecified atom stereocenters. The lowest BCUT2D eigenvalue weighted by molar-refractivity contribution is -0.385. The number of nitrogens with zero attached hydrogens (tertiary/aromatic N) is 5. The summed E-state index contributed by atoms with van der Waals surface area (Å²) in [6.45, 7) is 3.66. The summed E-state index contributed by atoms with van der Waals surface area (Å²) >= 11 is 6.10. The maximum atomic E-state index is 15.0. The third-order valence-corrected chi connectivity index (χ3v) is 6.20. The number of nitro groups is 1. The zero-order valence-corrected chi connectivity index (χ0v) is 20.2. The number of nitrogens with one attached hydrogen (secondary N) is 1. The average molecular weight is 519 g/mol. The molecule has 2 heterocycles. The molecule has 190 valence electrons. The van der Waals surface area contributed by atoms with Crippen LogP contribution in [0, 0.1) is 15.9 Å². The van der Waals surface area contributed by atoms with Crippen LogP contribution in [0.2, 0.25) is 5.02 Å². The van der Waals surface area contributed by atoms with Crippen molar-refractivity contribution in [1.29, 1.82) is 0 Å². The molecule has 4 rings (SSSR count). The van der Waals surface area contributed by atoms with E-state index in [9.17, 15) is 24.1 Å². The summed E-state index contributed by atoms with van der Waals surface area (Å²) in [5, 5.41) is 20.1. The number of cyclic esters (lactones) is 1. The summed E-state index contributed by atoms with van der Waals surface area (Å²) < 4.78 is 20.2. The molecule has 0 radical (unpaired) electrons. The standard InChI is InChI=1S/C23H24ClFN6O5/c1-15(32)26-12-17-14-30(23(33)36-17)16-5-6-22(20(25)11-16)28-7-9-29(10-8-28)27-13-18-19(24)3-2-4-21(18)31(34)35/h2-6,11,13,17H,7-10,12,14H2,1H3,(H,26,32)/b27-13+/t17-/m0/s1. The normalized spacial score (nSPS) is 18.0. The molecule has 0 spiro atoms. The van der Waals surface area contributed by atoms with Crippen molar-refractivity contribution < 1.29 is 23.6 Å². The predicted octanol–water partition coefficient (Wildman–Crippen LogP) is 3.00. The van der Waals surface area contributed by atoms with Gasteiger partial charge in [0.2, 0.25) is 5.91 Å². The van der Waals surface area contributed by atoms with Crippen LogP contribution in [0.25, 0.3) is 0 Å². The van der Waals surface area contributed by atoms with E-state index in [1.165, 1.54) is 36.2 Å². The monoisotopic (exact) mass is 518 g/mol. The molecule has 2 aliphatic rings. The zero-order chi connectivity index (χ0) is 25.8. The Labute approximate surface area is 211 Å². The number of ether oxygens (including phenoxy) is 1. The Hall–Kier alpha value is -3.93. The van der Waals surface area contributed by atoms with Gasteiger partial charge in [-0.15, -0.1) is 0 Å². The Morgan fingerprint density at radius 1 is 1.31 bits per heavy atom. The van der Waals surface area contributed by atoms with Crippen molar-refractivity contribution in [2.45, 2.75) is 13.0 Å². The van der Waals surface area contributed by atoms with Crippen molar-refractivity contribution in [2.24, 2.45) is 5.10 Å². The first-order chi connectivity index (χ1) is 17.2. The fourth-order valence-corrected chi connectivity index (χ4v) is 4.24. The first-order valence-electron chi connectivity index (χ1n) is 11.2. The van der Waals surface area contributed by atoms with Crippen LogP contribution in [0.15, 0.2) is 41.5 Å². The van der Waals surface area contributed by atoms with E-state index in [4.69, 9.17) is 16.3 Å². The lowest BCUT2D eigenvalue weighted by Crippen LogP contribution is -2.44. The van der Waals surface area contributed by atoms with Gasteiger partial charge in [0.1, 0.15) is 11.9 Å². The van der Waals surface area contributed by atoms with Gasteiger partial charge in [0.05, 0.1) is 59.3 Å². The van der Waals surface area contributed by atoms with Crippen molar-refractivity contribution in [1.82, 2.24) is 10.3 Å². The molecule has 0 saturated carbocycles. The molecule has 1 atom stereocenters. The number of piperazine rings is 1. The molecule has 0 aromatic heterocycles. The summed E-state index contributed by atoms with van der Waals surface area (Å²) in [5.74, 6) is -0.704. The Morgan fingerprint density at radius 2 is 2.06 bits per heavy atom. The molecule has 2 aromatic carbocycles. The summed E-state index contributed by atoms with van der Waals surface area (Å²) in [4.78, 5) is 37.2. The molecule has 2 aromatic rings. The van der Waals surface area contributed by atoms with Gasteiger partial charge in [-0.05, 0) is 24.3 Å². The molecule has 2 amide bonds. The summed E-state index contributed by atoms with van der Waals surface area (Å²) in [5.41, 5.74) is 0.867. The van der Waals surface area contributed by atoms with Crippen LogP contribution in [0.5, 0.6) is 0 Å². The minimum absolute atomic E-state index is 0.129. The second-order valence-corrected chi connectivity index (χ2v) is 8.71. The van der Waals surface area contributed by atoms with E-state index in [1.807, 2.05) is 4.90 Å². The second-order valence-electron chi connectivity index (χ2n) is 8.30. The van der Waals surface area contributed by atoms with Crippen molar-refractivity contribution in [3.63, 3.8) is 0 Å². The highest BCUT2D eigenvalue weighted by Crippen LogP contribution is 2.29. The van der Waals surface area contributed by atoms with Crippen LogP contribution in [0.1, 0.15) is 12.5 Å². The van der Waals surface area contributed by atoms with Gasteiger partial charge >= 0.3 is 6.09 Å². The highest BCUT2D eigenvalue weighted by molar-refractivity contribution is 6.33. The van der Waals surface area contributed by atoms with Gasteiger partial charge in [0, 0.05) is 26.1 Å². The first kappa shape index (κ1) is 25.2. The quantitative estimate of drug-likeness (QED) is 0.340. The summed E-state index contributed by atoms with van der Waals surface area (Å²) in [6.07, 6.45) is 0.271. The lowest BCUT2D eigenvalue weighted by atomic mass is 10.2. The van der Waals surface area contributed by atoms with Crippen LogP contribution in [0.3, 0.4) is 0 Å². The number of nitro benzene ring substituents is 1. The highest BCUT2D eigenvalue weighted by Gasteiger charge is 2.33. The molecule has 36 heavy (non-hydrogen) atoms. The Kier molecular flexibility index (Phi) is 7.53. The molecule has 2 fully saturated rings. The summed E-state index contributed by atoms with van der Waals surface area (Å²) in [7, 11) is 0. The Morgan fingerprint density at radius 3 is 2.72 bits per heavy atom. The van der Waals surface area contributed by atoms with Gasteiger partial charge < -0.3 is 15.0 Å². The number of rotatable bonds is 7. The zero-order valence-electron chi connectivity index (χ0n) is 19.4. The van der Waals surface area contributed by atoms with Crippen LogP contribution < -0.4 is 15.1 Å². The van der Waals surface area contributed by atoms with E-state index in [2.05, 4.69) is 10.4 Å². The van der Waals surface area contributed by atoms with Gasteiger partial charge in [-0.3, -0.25) is 24.8 Å². The molecule has 1 N–H and O–H groups in total. The van der Waals surface area contributed by atoms with Gasteiger partial charge in [0.25, 0.3) is 5.69 Å². The van der Waals surface area contributed by atoms with Crippen molar-refractivity contribution >= 4 is 46.9 Å². The highest BCUT2D eigenvalue weighted by atomic mass is 35.5. The summed E-state index contributed by atoms with van der Waals surface area (Å²) in [6, 6.07) is 8.99. The van der Waals surface area contributed by atoms with Crippen molar-refractivity contribution in [2.75, 3.05) is 49.1 Å². The van der Waals surface area contributed by atoms with E-state index in [0.717, 1.165) is 0 Å². The Bertz CT molecular complexity index is 1200. The van der Waals surface area contributed by atoms with Crippen molar-refractivity contribution in [3.8, 4) is 0 Å². The van der Waals surface area contributed by atoms with Crippen LogP contribution in [-0.2, 0) is 9.53 Å². The first-order valence-corrected chi connectivity index (χ1v) is 11.6.